The molecule has 216 valence electrons. The van der Waals surface area contributed by atoms with E-state index < -0.39 is 0 Å². The highest BCUT2D eigenvalue weighted by molar-refractivity contribution is 6.05. The summed E-state index contributed by atoms with van der Waals surface area (Å²) in [4.78, 5) is 14.3. The molecule has 0 N–H and O–H groups in total. The zero-order valence-corrected chi connectivity index (χ0v) is 25.1. The maximum atomic E-state index is 5.06. The Balaban J connectivity index is 1.21. The Labute approximate surface area is 268 Å². The normalized spacial score (nSPS) is 11.0. The van der Waals surface area contributed by atoms with Gasteiger partial charge in [-0.05, 0) is 62.4 Å². The van der Waals surface area contributed by atoms with Gasteiger partial charge < -0.3 is 0 Å². The summed E-state index contributed by atoms with van der Waals surface area (Å²) in [5.74, 6) is 0.715. The molecule has 0 fully saturated rings. The number of fused-ring (bicyclic) bond motifs is 1. The first-order valence-corrected chi connectivity index (χ1v) is 15.4. The molecule has 3 heteroatoms. The van der Waals surface area contributed by atoms with Crippen molar-refractivity contribution in [1.29, 1.82) is 0 Å². The van der Waals surface area contributed by atoms with E-state index in [-0.39, 0.29) is 0 Å². The topological polar surface area (TPSA) is 38.7 Å². The number of aromatic nitrogens is 3. The molecule has 2 aromatic heterocycles. The predicted octanol–water partition coefficient (Wildman–Crippen LogP) is 11.0. The van der Waals surface area contributed by atoms with Gasteiger partial charge in [0.2, 0.25) is 0 Å². The Morgan fingerprint density at radius 1 is 0.326 bits per heavy atom. The lowest BCUT2D eigenvalue weighted by Crippen LogP contribution is -1.96. The SMILES string of the molecule is c1ccc(-c2cc(-c3cccc(-c4ccc(-c5ccc(-c6cccnc6)cc5)c5ccccc45)c3)nc(-c3ccccc3)n2)cc1. The first kappa shape index (κ1) is 27.4. The third kappa shape index (κ3) is 5.36. The van der Waals surface area contributed by atoms with E-state index in [1.54, 1.807) is 6.20 Å². The summed E-state index contributed by atoms with van der Waals surface area (Å²) in [6.45, 7) is 0. The highest BCUT2D eigenvalue weighted by Gasteiger charge is 2.14. The average Bonchev–Trinajstić information content (AvgIpc) is 3.15. The van der Waals surface area contributed by atoms with Crippen LogP contribution in [0, 0.1) is 0 Å². The van der Waals surface area contributed by atoms with Gasteiger partial charge in [0.1, 0.15) is 0 Å². The first-order chi connectivity index (χ1) is 22.8. The van der Waals surface area contributed by atoms with Crippen LogP contribution >= 0.6 is 0 Å². The Morgan fingerprint density at radius 2 is 0.870 bits per heavy atom. The molecular weight excluding hydrogens is 558 g/mol. The van der Waals surface area contributed by atoms with Gasteiger partial charge in [-0.25, -0.2) is 9.97 Å². The summed E-state index contributed by atoms with van der Waals surface area (Å²) in [5, 5.41) is 2.44. The maximum Gasteiger partial charge on any atom is 0.160 e. The van der Waals surface area contributed by atoms with Gasteiger partial charge in [0, 0.05) is 29.1 Å². The minimum Gasteiger partial charge on any atom is -0.264 e. The van der Waals surface area contributed by atoms with Gasteiger partial charge in [-0.1, -0.05) is 146 Å². The van der Waals surface area contributed by atoms with Crippen molar-refractivity contribution in [2.24, 2.45) is 0 Å². The van der Waals surface area contributed by atoms with Crippen LogP contribution in [0.4, 0.5) is 0 Å². The van der Waals surface area contributed by atoms with Crippen LogP contribution in [-0.2, 0) is 0 Å². The molecule has 0 saturated carbocycles. The second-order valence-corrected chi connectivity index (χ2v) is 11.3. The van der Waals surface area contributed by atoms with Gasteiger partial charge in [-0.3, -0.25) is 4.98 Å². The van der Waals surface area contributed by atoms with Gasteiger partial charge in [-0.2, -0.15) is 0 Å². The Hall–Kier alpha value is -6.19. The van der Waals surface area contributed by atoms with Crippen molar-refractivity contribution in [2.45, 2.75) is 0 Å². The lowest BCUT2D eigenvalue weighted by molar-refractivity contribution is 1.18. The molecule has 0 atom stereocenters. The smallest absolute Gasteiger partial charge is 0.160 e. The number of hydrogen-bond donors (Lipinski definition) is 0. The van der Waals surface area contributed by atoms with Gasteiger partial charge in [0.15, 0.2) is 5.82 Å². The maximum absolute atomic E-state index is 5.06. The number of pyridine rings is 1. The van der Waals surface area contributed by atoms with Crippen molar-refractivity contribution in [3.63, 3.8) is 0 Å². The number of rotatable bonds is 6. The van der Waals surface area contributed by atoms with Crippen molar-refractivity contribution >= 4 is 10.8 Å². The Morgan fingerprint density at radius 3 is 1.54 bits per heavy atom. The number of benzene rings is 6. The minimum atomic E-state index is 0.715. The standard InChI is InChI=1S/C43H29N3/c1-3-11-32(12-4-1)41-28-42(46-43(45-41)33-13-5-2-6-14-33)35-16-9-15-34(27-35)38-25-24-37(39-18-7-8-19-40(38)39)31-22-20-30(21-23-31)36-17-10-26-44-29-36/h1-29H. The third-order valence-corrected chi connectivity index (χ3v) is 8.41. The lowest BCUT2D eigenvalue weighted by Gasteiger charge is -2.14. The minimum absolute atomic E-state index is 0.715. The summed E-state index contributed by atoms with van der Waals surface area (Å²) in [6.07, 6.45) is 3.71. The van der Waals surface area contributed by atoms with Crippen LogP contribution in [0.5, 0.6) is 0 Å². The van der Waals surface area contributed by atoms with E-state index in [0.29, 0.717) is 5.82 Å². The summed E-state index contributed by atoms with van der Waals surface area (Å²) < 4.78 is 0. The number of hydrogen-bond acceptors (Lipinski definition) is 3. The molecule has 0 unspecified atom stereocenters. The van der Waals surface area contributed by atoms with Crippen molar-refractivity contribution in [3.05, 3.63) is 176 Å². The van der Waals surface area contributed by atoms with Crippen LogP contribution in [0.1, 0.15) is 0 Å². The fraction of sp³-hybridized carbons (Fsp3) is 0. The molecule has 0 spiro atoms. The van der Waals surface area contributed by atoms with Crippen LogP contribution in [0.15, 0.2) is 176 Å². The summed E-state index contributed by atoms with van der Waals surface area (Å²) in [7, 11) is 0. The van der Waals surface area contributed by atoms with Crippen LogP contribution in [0.25, 0.3) is 78.1 Å². The van der Waals surface area contributed by atoms with Crippen molar-refractivity contribution < 1.29 is 0 Å². The van der Waals surface area contributed by atoms with E-state index in [4.69, 9.17) is 9.97 Å². The molecule has 0 aliphatic carbocycles. The largest absolute Gasteiger partial charge is 0.264 e. The zero-order valence-electron chi connectivity index (χ0n) is 25.1. The second kappa shape index (κ2) is 12.1. The van der Waals surface area contributed by atoms with Crippen LogP contribution in [0.3, 0.4) is 0 Å². The lowest BCUT2D eigenvalue weighted by atomic mass is 9.91. The molecule has 8 aromatic rings. The van der Waals surface area contributed by atoms with Crippen LogP contribution in [-0.4, -0.2) is 15.0 Å². The quantitative estimate of drug-likeness (QED) is 0.194. The van der Waals surface area contributed by atoms with E-state index in [0.717, 1.165) is 44.8 Å². The molecule has 3 nitrogen and oxygen atoms in total. The first-order valence-electron chi connectivity index (χ1n) is 15.4. The van der Waals surface area contributed by atoms with Gasteiger partial charge in [-0.15, -0.1) is 0 Å². The van der Waals surface area contributed by atoms with Crippen molar-refractivity contribution in [2.75, 3.05) is 0 Å². The molecule has 0 radical (unpaired) electrons. The van der Waals surface area contributed by atoms with E-state index in [9.17, 15) is 0 Å². The third-order valence-electron chi connectivity index (χ3n) is 8.41. The summed E-state index contributed by atoms with van der Waals surface area (Å²) in [5.41, 5.74) is 11.9. The molecular formula is C43H29N3. The summed E-state index contributed by atoms with van der Waals surface area (Å²) >= 11 is 0. The molecule has 2 heterocycles. The average molecular weight is 588 g/mol. The molecule has 0 saturated heterocycles. The molecule has 0 aliphatic heterocycles. The van der Waals surface area contributed by atoms with Crippen molar-refractivity contribution in [1.82, 2.24) is 15.0 Å². The van der Waals surface area contributed by atoms with Crippen molar-refractivity contribution in [3.8, 4) is 67.3 Å². The van der Waals surface area contributed by atoms with Gasteiger partial charge in [0.05, 0.1) is 11.4 Å². The fourth-order valence-electron chi connectivity index (χ4n) is 6.09. The monoisotopic (exact) mass is 587 g/mol. The zero-order chi connectivity index (χ0) is 30.7. The van der Waals surface area contributed by atoms with E-state index in [1.807, 2.05) is 48.7 Å². The van der Waals surface area contributed by atoms with Gasteiger partial charge >= 0.3 is 0 Å². The highest BCUT2D eigenvalue weighted by atomic mass is 14.9. The number of nitrogens with zero attached hydrogens (tertiary/aromatic N) is 3. The molecule has 0 amide bonds. The van der Waals surface area contributed by atoms with Crippen LogP contribution < -0.4 is 0 Å². The molecule has 0 aliphatic rings. The van der Waals surface area contributed by atoms with E-state index in [2.05, 4.69) is 126 Å². The molecule has 6 aromatic carbocycles. The van der Waals surface area contributed by atoms with Crippen LogP contribution in [0.2, 0.25) is 0 Å². The fourth-order valence-corrected chi connectivity index (χ4v) is 6.09. The van der Waals surface area contributed by atoms with E-state index in [1.165, 1.54) is 27.5 Å². The Kier molecular flexibility index (Phi) is 7.18. The van der Waals surface area contributed by atoms with Gasteiger partial charge in [0.25, 0.3) is 0 Å². The molecule has 46 heavy (non-hydrogen) atoms. The second-order valence-electron chi connectivity index (χ2n) is 11.3. The molecule has 8 rings (SSSR count). The highest BCUT2D eigenvalue weighted by Crippen LogP contribution is 2.38. The molecule has 0 bridgehead atoms. The predicted molar refractivity (Wildman–Crippen MR) is 190 cm³/mol. The summed E-state index contributed by atoms with van der Waals surface area (Å²) in [6, 6.07) is 57.3. The van der Waals surface area contributed by atoms with E-state index >= 15 is 0 Å². The Bertz CT molecular complexity index is 2220.